The van der Waals surface area contributed by atoms with Gasteiger partial charge in [-0.05, 0) is 39.3 Å². The number of aryl methyl sites for hydroxylation is 1. The summed E-state index contributed by atoms with van der Waals surface area (Å²) < 4.78 is 13.5. The van der Waals surface area contributed by atoms with Gasteiger partial charge in [-0.3, -0.25) is 0 Å². The highest BCUT2D eigenvalue weighted by Crippen LogP contribution is 2.23. The fraction of sp³-hybridized carbons (Fsp3) is 0.222. The number of hydrogen-bond acceptors (Lipinski definition) is 4. The highest BCUT2D eigenvalue weighted by molar-refractivity contribution is 9.10. The summed E-state index contributed by atoms with van der Waals surface area (Å²) in [5.74, 6) is 0.300. The van der Waals surface area contributed by atoms with Gasteiger partial charge in [0.05, 0.1) is 13.6 Å². The Hall–Kier alpha value is -1.50. The second-order valence-corrected chi connectivity index (χ2v) is 4.03. The standard InChI is InChI=1S/C9H9BrFN5/c1-16-14-9(13-15-16)5-12-8-3-2-6(11)4-7(8)10/h2-4,12H,5H2,1H3. The van der Waals surface area contributed by atoms with Gasteiger partial charge in [-0.15, -0.1) is 10.2 Å². The summed E-state index contributed by atoms with van der Waals surface area (Å²) in [5.41, 5.74) is 0.786. The third-order valence-corrected chi connectivity index (χ3v) is 2.57. The molecule has 0 aliphatic rings. The minimum absolute atomic E-state index is 0.282. The zero-order valence-electron chi connectivity index (χ0n) is 8.48. The van der Waals surface area contributed by atoms with Gasteiger partial charge in [0.1, 0.15) is 5.82 Å². The highest BCUT2D eigenvalue weighted by Gasteiger charge is 2.03. The molecule has 0 atom stereocenters. The molecule has 84 valence electrons. The Morgan fingerprint density at radius 3 is 2.94 bits per heavy atom. The lowest BCUT2D eigenvalue weighted by atomic mass is 10.3. The number of nitrogens with one attached hydrogen (secondary N) is 1. The molecule has 0 fully saturated rings. The summed E-state index contributed by atoms with van der Waals surface area (Å²) in [6, 6.07) is 4.43. The Morgan fingerprint density at radius 1 is 1.50 bits per heavy atom. The lowest BCUT2D eigenvalue weighted by Crippen LogP contribution is -2.02. The first-order valence-corrected chi connectivity index (χ1v) is 5.36. The van der Waals surface area contributed by atoms with Crippen LogP contribution in [0.25, 0.3) is 0 Å². The van der Waals surface area contributed by atoms with Crippen molar-refractivity contribution in [3.63, 3.8) is 0 Å². The fourth-order valence-electron chi connectivity index (χ4n) is 1.20. The lowest BCUT2D eigenvalue weighted by Gasteiger charge is -2.05. The van der Waals surface area contributed by atoms with E-state index in [4.69, 9.17) is 0 Å². The van der Waals surface area contributed by atoms with E-state index in [0.29, 0.717) is 16.8 Å². The number of nitrogens with zero attached hydrogens (tertiary/aromatic N) is 4. The van der Waals surface area contributed by atoms with Crippen molar-refractivity contribution in [2.75, 3.05) is 5.32 Å². The summed E-state index contributed by atoms with van der Waals surface area (Å²) in [5, 5.41) is 14.6. The Labute approximate surface area is 99.8 Å². The van der Waals surface area contributed by atoms with E-state index < -0.39 is 0 Å². The largest absolute Gasteiger partial charge is 0.377 e. The summed E-state index contributed by atoms with van der Waals surface area (Å²) in [6.45, 7) is 0.443. The first-order chi connectivity index (χ1) is 7.65. The maximum absolute atomic E-state index is 12.8. The van der Waals surface area contributed by atoms with Gasteiger partial charge >= 0.3 is 0 Å². The van der Waals surface area contributed by atoms with Gasteiger partial charge in [0.15, 0.2) is 5.82 Å². The van der Waals surface area contributed by atoms with E-state index >= 15 is 0 Å². The third-order valence-electron chi connectivity index (χ3n) is 1.92. The number of aromatic nitrogens is 4. The first kappa shape index (κ1) is 11.0. The summed E-state index contributed by atoms with van der Waals surface area (Å²) >= 11 is 3.26. The lowest BCUT2D eigenvalue weighted by molar-refractivity contribution is 0.627. The monoisotopic (exact) mass is 285 g/mol. The normalized spacial score (nSPS) is 10.4. The maximum atomic E-state index is 12.8. The van der Waals surface area contributed by atoms with Crippen LogP contribution in [0.4, 0.5) is 10.1 Å². The number of tetrazole rings is 1. The number of benzene rings is 1. The zero-order valence-corrected chi connectivity index (χ0v) is 10.1. The van der Waals surface area contributed by atoms with Gasteiger partial charge in [0.2, 0.25) is 0 Å². The molecular weight excluding hydrogens is 277 g/mol. The van der Waals surface area contributed by atoms with E-state index in [1.165, 1.54) is 16.9 Å². The van der Waals surface area contributed by atoms with Crippen molar-refractivity contribution >= 4 is 21.6 Å². The number of anilines is 1. The molecule has 0 unspecified atom stereocenters. The topological polar surface area (TPSA) is 55.6 Å². The van der Waals surface area contributed by atoms with Crippen molar-refractivity contribution in [3.8, 4) is 0 Å². The molecule has 0 radical (unpaired) electrons. The van der Waals surface area contributed by atoms with Crippen molar-refractivity contribution < 1.29 is 4.39 Å². The van der Waals surface area contributed by atoms with Crippen molar-refractivity contribution in [2.24, 2.45) is 7.05 Å². The Balaban J connectivity index is 2.04. The van der Waals surface area contributed by atoms with Crippen LogP contribution in [0.3, 0.4) is 0 Å². The van der Waals surface area contributed by atoms with Gasteiger partial charge in [-0.1, -0.05) is 0 Å². The molecule has 0 spiro atoms. The molecule has 0 bridgehead atoms. The Bertz CT molecular complexity index is 498. The molecule has 0 saturated carbocycles. The second kappa shape index (κ2) is 4.56. The average Bonchev–Trinajstić information content (AvgIpc) is 2.63. The SMILES string of the molecule is Cn1nnc(CNc2ccc(F)cc2Br)n1. The van der Waals surface area contributed by atoms with Crippen molar-refractivity contribution in [3.05, 3.63) is 34.3 Å². The van der Waals surface area contributed by atoms with Gasteiger partial charge in [0.25, 0.3) is 0 Å². The fourth-order valence-corrected chi connectivity index (χ4v) is 1.69. The molecule has 0 saturated heterocycles. The number of halogens is 2. The van der Waals surface area contributed by atoms with E-state index in [0.717, 1.165) is 5.69 Å². The predicted molar refractivity (Wildman–Crippen MR) is 60.2 cm³/mol. The van der Waals surface area contributed by atoms with E-state index in [2.05, 4.69) is 36.7 Å². The third kappa shape index (κ3) is 2.54. The smallest absolute Gasteiger partial charge is 0.193 e. The average molecular weight is 286 g/mol. The van der Waals surface area contributed by atoms with E-state index in [9.17, 15) is 4.39 Å². The summed E-state index contributed by atoms with van der Waals surface area (Å²) in [4.78, 5) is 1.39. The van der Waals surface area contributed by atoms with Crippen LogP contribution in [0.1, 0.15) is 5.82 Å². The van der Waals surface area contributed by atoms with Gasteiger partial charge in [-0.2, -0.15) is 4.80 Å². The molecule has 0 amide bonds. The quantitative estimate of drug-likeness (QED) is 0.933. The molecule has 1 heterocycles. The van der Waals surface area contributed by atoms with E-state index in [1.54, 1.807) is 13.1 Å². The van der Waals surface area contributed by atoms with Crippen LogP contribution in [0.2, 0.25) is 0 Å². The number of rotatable bonds is 3. The molecule has 0 aliphatic heterocycles. The zero-order chi connectivity index (χ0) is 11.5. The molecular formula is C9H9BrFN5. The van der Waals surface area contributed by atoms with Crippen molar-refractivity contribution in [2.45, 2.75) is 6.54 Å². The molecule has 7 heteroatoms. The highest BCUT2D eigenvalue weighted by atomic mass is 79.9. The minimum atomic E-state index is -0.282. The number of hydrogen-bond donors (Lipinski definition) is 1. The van der Waals surface area contributed by atoms with Crippen LogP contribution in [-0.2, 0) is 13.6 Å². The minimum Gasteiger partial charge on any atom is -0.377 e. The van der Waals surface area contributed by atoms with E-state index in [-0.39, 0.29) is 5.82 Å². The Kier molecular flexibility index (Phi) is 3.14. The van der Waals surface area contributed by atoms with Crippen LogP contribution >= 0.6 is 15.9 Å². The van der Waals surface area contributed by atoms with Crippen molar-refractivity contribution in [1.29, 1.82) is 0 Å². The predicted octanol–water partition coefficient (Wildman–Crippen LogP) is 1.72. The molecule has 2 aromatic rings. The molecule has 1 aromatic heterocycles. The van der Waals surface area contributed by atoms with Crippen LogP contribution in [-0.4, -0.2) is 20.2 Å². The molecule has 16 heavy (non-hydrogen) atoms. The van der Waals surface area contributed by atoms with Gasteiger partial charge in [0, 0.05) is 10.2 Å². The van der Waals surface area contributed by atoms with Crippen LogP contribution in [0.5, 0.6) is 0 Å². The van der Waals surface area contributed by atoms with Gasteiger partial charge < -0.3 is 5.32 Å². The molecule has 1 aromatic carbocycles. The van der Waals surface area contributed by atoms with E-state index in [1.807, 2.05) is 0 Å². The summed E-state index contributed by atoms with van der Waals surface area (Å²) in [7, 11) is 1.70. The van der Waals surface area contributed by atoms with Crippen molar-refractivity contribution in [1.82, 2.24) is 20.2 Å². The summed E-state index contributed by atoms with van der Waals surface area (Å²) in [6.07, 6.45) is 0. The second-order valence-electron chi connectivity index (χ2n) is 3.17. The molecule has 5 nitrogen and oxygen atoms in total. The molecule has 2 rings (SSSR count). The molecule has 1 N–H and O–H groups in total. The van der Waals surface area contributed by atoms with Gasteiger partial charge in [-0.25, -0.2) is 4.39 Å². The maximum Gasteiger partial charge on any atom is 0.193 e. The Morgan fingerprint density at radius 2 is 2.31 bits per heavy atom. The van der Waals surface area contributed by atoms with Crippen LogP contribution in [0.15, 0.2) is 22.7 Å². The molecule has 0 aliphatic carbocycles. The van der Waals surface area contributed by atoms with Crippen LogP contribution in [0, 0.1) is 5.82 Å². The first-order valence-electron chi connectivity index (χ1n) is 4.57. The van der Waals surface area contributed by atoms with Crippen LogP contribution < -0.4 is 5.32 Å².